The fourth-order valence-electron chi connectivity index (χ4n) is 1.25. The van der Waals surface area contributed by atoms with Crippen LogP contribution in [-0.2, 0) is 9.63 Å². The third-order valence-corrected chi connectivity index (χ3v) is 2.77. The van der Waals surface area contributed by atoms with E-state index in [9.17, 15) is 4.79 Å². The highest BCUT2D eigenvalue weighted by Crippen LogP contribution is 2.23. The Morgan fingerprint density at radius 3 is 2.59 bits per heavy atom. The molecule has 0 aliphatic carbocycles. The maximum atomic E-state index is 10.5. The van der Waals surface area contributed by atoms with Gasteiger partial charge in [0, 0.05) is 12.0 Å². The highest BCUT2D eigenvalue weighted by molar-refractivity contribution is 6.42. The van der Waals surface area contributed by atoms with Crippen molar-refractivity contribution < 1.29 is 14.7 Å². The van der Waals surface area contributed by atoms with Crippen LogP contribution in [0.4, 0.5) is 0 Å². The van der Waals surface area contributed by atoms with Crippen molar-refractivity contribution in [3.8, 4) is 0 Å². The summed E-state index contributed by atoms with van der Waals surface area (Å²) < 4.78 is 0. The number of oxime groups is 1. The maximum absolute atomic E-state index is 10.5. The predicted molar refractivity (Wildman–Crippen MR) is 66.9 cm³/mol. The van der Waals surface area contributed by atoms with E-state index in [1.807, 2.05) is 0 Å². The molecule has 0 spiro atoms. The summed E-state index contributed by atoms with van der Waals surface area (Å²) in [6.07, 6.45) is 0.240. The van der Waals surface area contributed by atoms with Gasteiger partial charge in [-0.25, -0.2) is 0 Å². The maximum Gasteiger partial charge on any atom is 0.303 e. The number of benzene rings is 1. The molecule has 0 unspecified atom stereocenters. The van der Waals surface area contributed by atoms with Crippen LogP contribution in [0.3, 0.4) is 0 Å². The summed E-state index contributed by atoms with van der Waals surface area (Å²) in [5.41, 5.74) is 1.22. The van der Waals surface area contributed by atoms with E-state index in [0.29, 0.717) is 21.3 Å². The number of carboxylic acids is 1. The minimum atomic E-state index is -0.895. The summed E-state index contributed by atoms with van der Waals surface area (Å²) in [4.78, 5) is 15.2. The van der Waals surface area contributed by atoms with Crippen LogP contribution >= 0.6 is 23.2 Å². The average Bonchev–Trinajstić information content (AvgIpc) is 2.28. The molecule has 1 N–H and O–H groups in total. The molecule has 0 bridgehead atoms. The molecule has 0 aromatic heterocycles. The lowest BCUT2D eigenvalue weighted by Gasteiger charge is -2.05. The number of halogens is 2. The summed E-state index contributed by atoms with van der Waals surface area (Å²) >= 11 is 11.7. The molecule has 0 radical (unpaired) electrons. The Labute approximate surface area is 109 Å². The van der Waals surface area contributed by atoms with Crippen molar-refractivity contribution in [1.29, 1.82) is 0 Å². The molecule has 0 amide bonds. The second-order valence-corrected chi connectivity index (χ2v) is 4.06. The SMILES string of the molecule is CO/N=C(/CCC(=O)O)c1ccc(Cl)c(Cl)c1. The third kappa shape index (κ3) is 4.24. The van der Waals surface area contributed by atoms with Crippen LogP contribution in [0.15, 0.2) is 23.4 Å². The second kappa shape index (κ2) is 6.47. The van der Waals surface area contributed by atoms with Gasteiger partial charge in [0.15, 0.2) is 0 Å². The molecule has 1 aromatic carbocycles. The first-order valence-electron chi connectivity index (χ1n) is 4.82. The van der Waals surface area contributed by atoms with Crippen LogP contribution in [-0.4, -0.2) is 23.9 Å². The molecule has 0 atom stereocenters. The molecule has 0 saturated carbocycles. The quantitative estimate of drug-likeness (QED) is 0.663. The van der Waals surface area contributed by atoms with Gasteiger partial charge in [-0.1, -0.05) is 34.4 Å². The molecule has 0 saturated heterocycles. The van der Waals surface area contributed by atoms with Gasteiger partial charge >= 0.3 is 5.97 Å². The number of carboxylic acid groups (broad SMARTS) is 1. The largest absolute Gasteiger partial charge is 0.481 e. The van der Waals surface area contributed by atoms with E-state index < -0.39 is 5.97 Å². The molecule has 0 heterocycles. The zero-order valence-corrected chi connectivity index (χ0v) is 10.6. The fourth-order valence-corrected chi connectivity index (χ4v) is 1.55. The van der Waals surface area contributed by atoms with Gasteiger partial charge in [-0.3, -0.25) is 4.79 Å². The van der Waals surface area contributed by atoms with E-state index in [0.717, 1.165) is 0 Å². The number of nitrogens with zero attached hydrogens (tertiary/aromatic N) is 1. The van der Waals surface area contributed by atoms with E-state index in [4.69, 9.17) is 28.3 Å². The van der Waals surface area contributed by atoms with Gasteiger partial charge < -0.3 is 9.94 Å². The number of hydrogen-bond acceptors (Lipinski definition) is 3. The third-order valence-electron chi connectivity index (χ3n) is 2.03. The molecule has 0 aliphatic heterocycles. The first-order valence-corrected chi connectivity index (χ1v) is 5.57. The Morgan fingerprint density at radius 2 is 2.06 bits per heavy atom. The van der Waals surface area contributed by atoms with Crippen LogP contribution in [0.1, 0.15) is 18.4 Å². The lowest BCUT2D eigenvalue weighted by molar-refractivity contribution is -0.136. The minimum Gasteiger partial charge on any atom is -0.481 e. The van der Waals surface area contributed by atoms with E-state index in [1.165, 1.54) is 7.11 Å². The van der Waals surface area contributed by atoms with Gasteiger partial charge in [-0.05, 0) is 12.1 Å². The van der Waals surface area contributed by atoms with E-state index in [1.54, 1.807) is 18.2 Å². The van der Waals surface area contributed by atoms with Crippen molar-refractivity contribution in [2.75, 3.05) is 7.11 Å². The Hall–Kier alpha value is -1.26. The number of aliphatic carboxylic acids is 1. The standard InChI is InChI=1S/C11H11Cl2NO3/c1-17-14-10(4-5-11(15)16)7-2-3-8(12)9(13)6-7/h2-3,6H,4-5H2,1H3,(H,15,16)/b14-10-. The number of carbonyl (C=O) groups is 1. The molecule has 1 aromatic rings. The second-order valence-electron chi connectivity index (χ2n) is 3.24. The van der Waals surface area contributed by atoms with Gasteiger partial charge in [0.2, 0.25) is 0 Å². The number of hydrogen-bond donors (Lipinski definition) is 1. The lowest BCUT2D eigenvalue weighted by Crippen LogP contribution is -2.06. The summed E-state index contributed by atoms with van der Waals surface area (Å²) in [5.74, 6) is -0.895. The minimum absolute atomic E-state index is 0.0254. The normalized spacial score (nSPS) is 11.4. The van der Waals surface area contributed by atoms with E-state index >= 15 is 0 Å². The van der Waals surface area contributed by atoms with Crippen molar-refractivity contribution >= 4 is 34.9 Å². The van der Waals surface area contributed by atoms with Crippen molar-refractivity contribution in [2.45, 2.75) is 12.8 Å². The molecule has 1 rings (SSSR count). The van der Waals surface area contributed by atoms with E-state index in [-0.39, 0.29) is 12.8 Å². The molecule has 17 heavy (non-hydrogen) atoms. The summed E-state index contributed by atoms with van der Waals surface area (Å²) in [6.45, 7) is 0. The van der Waals surface area contributed by atoms with Crippen molar-refractivity contribution in [2.24, 2.45) is 5.16 Å². The van der Waals surface area contributed by atoms with Gasteiger partial charge in [-0.15, -0.1) is 0 Å². The highest BCUT2D eigenvalue weighted by Gasteiger charge is 2.09. The summed E-state index contributed by atoms with van der Waals surface area (Å²) in [7, 11) is 1.40. The molecule has 0 fully saturated rings. The lowest BCUT2D eigenvalue weighted by atomic mass is 10.1. The van der Waals surface area contributed by atoms with Crippen molar-refractivity contribution in [3.63, 3.8) is 0 Å². The fraction of sp³-hybridized carbons (Fsp3) is 0.273. The Bertz CT molecular complexity index is 446. The van der Waals surface area contributed by atoms with Gasteiger partial charge in [0.05, 0.1) is 22.2 Å². The highest BCUT2D eigenvalue weighted by atomic mass is 35.5. The smallest absolute Gasteiger partial charge is 0.303 e. The molecular weight excluding hydrogens is 265 g/mol. The molecule has 0 aliphatic rings. The molecule has 6 heteroatoms. The first kappa shape index (κ1) is 13.8. The predicted octanol–water partition coefficient (Wildman–Crippen LogP) is 3.21. The van der Waals surface area contributed by atoms with Gasteiger partial charge in [0.1, 0.15) is 7.11 Å². The monoisotopic (exact) mass is 275 g/mol. The number of rotatable bonds is 5. The van der Waals surface area contributed by atoms with Crippen LogP contribution in [0.5, 0.6) is 0 Å². The van der Waals surface area contributed by atoms with Crippen molar-refractivity contribution in [3.05, 3.63) is 33.8 Å². The average molecular weight is 276 g/mol. The first-order chi connectivity index (χ1) is 8.04. The van der Waals surface area contributed by atoms with E-state index in [2.05, 4.69) is 9.99 Å². The topological polar surface area (TPSA) is 58.9 Å². The van der Waals surface area contributed by atoms with Crippen LogP contribution in [0.2, 0.25) is 10.0 Å². The Morgan fingerprint density at radius 1 is 1.35 bits per heavy atom. The van der Waals surface area contributed by atoms with Crippen LogP contribution in [0, 0.1) is 0 Å². The summed E-state index contributed by atoms with van der Waals surface area (Å²) in [6, 6.07) is 4.97. The zero-order chi connectivity index (χ0) is 12.8. The molecular formula is C11H11Cl2NO3. The van der Waals surface area contributed by atoms with Gasteiger partial charge in [-0.2, -0.15) is 0 Å². The molecule has 4 nitrogen and oxygen atoms in total. The van der Waals surface area contributed by atoms with Crippen molar-refractivity contribution in [1.82, 2.24) is 0 Å². The van der Waals surface area contributed by atoms with Crippen LogP contribution < -0.4 is 0 Å². The van der Waals surface area contributed by atoms with Gasteiger partial charge in [0.25, 0.3) is 0 Å². The van der Waals surface area contributed by atoms with Crippen LogP contribution in [0.25, 0.3) is 0 Å². The zero-order valence-electron chi connectivity index (χ0n) is 9.11. The molecule has 92 valence electrons. The Balaban J connectivity index is 2.93. The summed E-state index contributed by atoms with van der Waals surface area (Å²) in [5, 5.41) is 13.2. The Kier molecular flexibility index (Phi) is 5.25.